The first-order valence-electron chi connectivity index (χ1n) is 7.72. The van der Waals surface area contributed by atoms with Gasteiger partial charge < -0.3 is 9.26 Å². The molecule has 0 spiro atoms. The van der Waals surface area contributed by atoms with Gasteiger partial charge >= 0.3 is 0 Å². The molecule has 2 fully saturated rings. The number of hydrogen-bond acceptors (Lipinski definition) is 6. The van der Waals surface area contributed by atoms with Gasteiger partial charge in [0, 0.05) is 22.4 Å². The van der Waals surface area contributed by atoms with Gasteiger partial charge in [0.1, 0.15) is 0 Å². The Kier molecular flexibility index (Phi) is 4.30. The molecule has 0 bridgehead atoms. The minimum Gasteiger partial charge on any atom is -0.375 e. The molecule has 7 heteroatoms. The molecule has 0 unspecified atom stereocenters. The van der Waals surface area contributed by atoms with E-state index in [9.17, 15) is 0 Å². The van der Waals surface area contributed by atoms with Crippen molar-refractivity contribution in [2.75, 3.05) is 13.2 Å². The molecule has 2 aromatic heterocycles. The van der Waals surface area contributed by atoms with E-state index < -0.39 is 0 Å². The summed E-state index contributed by atoms with van der Waals surface area (Å²) in [6, 6.07) is 2.53. The molecule has 0 amide bonds. The zero-order valence-electron chi connectivity index (χ0n) is 12.2. The van der Waals surface area contributed by atoms with Gasteiger partial charge in [-0.25, -0.2) is 0 Å². The van der Waals surface area contributed by atoms with Gasteiger partial charge in [-0.1, -0.05) is 18.0 Å². The molecule has 5 nitrogen and oxygen atoms in total. The maximum Gasteiger partial charge on any atom is 0.241 e. The van der Waals surface area contributed by atoms with E-state index in [4.69, 9.17) is 9.26 Å². The van der Waals surface area contributed by atoms with Gasteiger partial charge in [0.15, 0.2) is 0 Å². The second-order valence-electron chi connectivity index (χ2n) is 5.87. The fourth-order valence-electron chi connectivity index (χ4n) is 3.40. The summed E-state index contributed by atoms with van der Waals surface area (Å²) in [6.07, 6.45) is 5.35. The Hall–Kier alpha value is -0.760. The van der Waals surface area contributed by atoms with Crippen LogP contribution in [0.5, 0.6) is 0 Å². The van der Waals surface area contributed by atoms with Crippen LogP contribution in [0.1, 0.15) is 31.6 Å². The molecule has 0 aromatic carbocycles. The third-order valence-electron chi connectivity index (χ3n) is 4.44. The number of aromatic nitrogens is 2. The van der Waals surface area contributed by atoms with E-state index in [2.05, 4.69) is 31.0 Å². The zero-order valence-corrected chi connectivity index (χ0v) is 14.6. The van der Waals surface area contributed by atoms with Crippen molar-refractivity contribution in [2.45, 2.75) is 44.4 Å². The lowest BCUT2D eigenvalue weighted by atomic mass is 9.90. The number of ether oxygens (including phenoxy) is 1. The van der Waals surface area contributed by atoms with Crippen LogP contribution in [-0.2, 0) is 11.3 Å². The fourth-order valence-corrected chi connectivity index (χ4v) is 4.75. The van der Waals surface area contributed by atoms with Crippen LogP contribution in [0, 0.1) is 0 Å². The second kappa shape index (κ2) is 6.39. The Morgan fingerprint density at radius 1 is 1.36 bits per heavy atom. The maximum atomic E-state index is 5.92. The van der Waals surface area contributed by atoms with Gasteiger partial charge in [-0.3, -0.25) is 4.90 Å². The Labute approximate surface area is 141 Å². The van der Waals surface area contributed by atoms with Crippen LogP contribution in [0.4, 0.5) is 0 Å². The van der Waals surface area contributed by atoms with Gasteiger partial charge in [-0.15, -0.1) is 11.3 Å². The van der Waals surface area contributed by atoms with E-state index in [0.717, 1.165) is 29.0 Å². The predicted molar refractivity (Wildman–Crippen MR) is 87.7 cm³/mol. The highest BCUT2D eigenvalue weighted by Crippen LogP contribution is 2.30. The third-order valence-corrected chi connectivity index (χ3v) is 6.13. The quantitative estimate of drug-likeness (QED) is 0.808. The Morgan fingerprint density at radius 2 is 2.27 bits per heavy atom. The molecule has 1 aliphatic carbocycles. The summed E-state index contributed by atoms with van der Waals surface area (Å²) in [5, 5.41) is 6.14. The number of nitrogens with zero attached hydrogens (tertiary/aromatic N) is 3. The molecule has 4 rings (SSSR count). The number of rotatable bonds is 3. The van der Waals surface area contributed by atoms with E-state index in [1.165, 1.54) is 25.7 Å². The molecule has 1 saturated carbocycles. The first kappa shape index (κ1) is 14.8. The summed E-state index contributed by atoms with van der Waals surface area (Å²) in [5.41, 5.74) is 0. The summed E-state index contributed by atoms with van der Waals surface area (Å²) in [5.74, 6) is 1.38. The predicted octanol–water partition coefficient (Wildman–Crippen LogP) is 3.70. The normalized spacial score (nSPS) is 26.0. The highest BCUT2D eigenvalue weighted by Gasteiger charge is 2.34. The largest absolute Gasteiger partial charge is 0.375 e. The van der Waals surface area contributed by atoms with Gasteiger partial charge in [-0.05, 0) is 34.8 Å². The molecule has 2 aromatic rings. The number of halogens is 1. The van der Waals surface area contributed by atoms with Crippen LogP contribution in [0.15, 0.2) is 20.4 Å². The van der Waals surface area contributed by atoms with Crippen LogP contribution >= 0.6 is 27.3 Å². The number of hydrogen-bond donors (Lipinski definition) is 0. The SMILES string of the molecule is Brc1csc(-c2noc(CN3CCO[C@@H]4CCCC[C@@H]43)n2)c1. The van der Waals surface area contributed by atoms with Crippen molar-refractivity contribution in [3.05, 3.63) is 21.8 Å². The average Bonchev–Trinajstić information content (AvgIpc) is 3.17. The van der Waals surface area contributed by atoms with E-state index in [-0.39, 0.29) is 0 Å². The molecule has 118 valence electrons. The molecule has 1 saturated heterocycles. The number of thiophene rings is 1. The monoisotopic (exact) mass is 383 g/mol. The highest BCUT2D eigenvalue weighted by atomic mass is 79.9. The summed E-state index contributed by atoms with van der Waals surface area (Å²) < 4.78 is 12.4. The minimum atomic E-state index is 0.387. The van der Waals surface area contributed by atoms with Crippen molar-refractivity contribution in [1.29, 1.82) is 0 Å². The first-order valence-corrected chi connectivity index (χ1v) is 9.39. The summed E-state index contributed by atoms with van der Waals surface area (Å²) in [6.45, 7) is 2.48. The molecule has 2 aliphatic rings. The Morgan fingerprint density at radius 3 is 3.14 bits per heavy atom. The van der Waals surface area contributed by atoms with E-state index in [1.54, 1.807) is 11.3 Å². The van der Waals surface area contributed by atoms with Crippen LogP contribution in [-0.4, -0.2) is 40.3 Å². The van der Waals surface area contributed by atoms with Crippen LogP contribution in [0.2, 0.25) is 0 Å². The lowest BCUT2D eigenvalue weighted by Crippen LogP contribution is -2.52. The van der Waals surface area contributed by atoms with Gasteiger partial charge in [0.2, 0.25) is 11.7 Å². The number of morpholine rings is 1. The average molecular weight is 384 g/mol. The van der Waals surface area contributed by atoms with Crippen molar-refractivity contribution in [3.63, 3.8) is 0 Å². The van der Waals surface area contributed by atoms with Crippen molar-refractivity contribution < 1.29 is 9.26 Å². The first-order chi connectivity index (χ1) is 10.8. The zero-order chi connectivity index (χ0) is 14.9. The summed E-state index contributed by atoms with van der Waals surface area (Å²) in [7, 11) is 0. The van der Waals surface area contributed by atoms with Crippen LogP contribution in [0.25, 0.3) is 10.7 Å². The molecule has 0 radical (unpaired) electrons. The highest BCUT2D eigenvalue weighted by molar-refractivity contribution is 9.10. The summed E-state index contributed by atoms with van der Waals surface area (Å²) in [4.78, 5) is 8.04. The van der Waals surface area contributed by atoms with Gasteiger partial charge in [-0.2, -0.15) is 4.98 Å². The van der Waals surface area contributed by atoms with Crippen molar-refractivity contribution in [2.24, 2.45) is 0 Å². The van der Waals surface area contributed by atoms with E-state index in [0.29, 0.717) is 23.9 Å². The van der Waals surface area contributed by atoms with Crippen molar-refractivity contribution in [3.8, 4) is 10.7 Å². The van der Waals surface area contributed by atoms with Crippen molar-refractivity contribution >= 4 is 27.3 Å². The van der Waals surface area contributed by atoms with Crippen LogP contribution in [0.3, 0.4) is 0 Å². The van der Waals surface area contributed by atoms with Gasteiger partial charge in [0.25, 0.3) is 0 Å². The molecular formula is C15H18BrN3O2S. The second-order valence-corrected chi connectivity index (χ2v) is 7.70. The summed E-state index contributed by atoms with van der Waals surface area (Å²) >= 11 is 5.07. The molecule has 2 atom stereocenters. The minimum absolute atomic E-state index is 0.387. The molecular weight excluding hydrogens is 366 g/mol. The standard InChI is InChI=1S/C15H18BrN3O2S/c16-10-7-13(22-9-10)15-17-14(21-18-15)8-19-5-6-20-12-4-2-1-3-11(12)19/h7,9,11-12H,1-6,8H2/t11-,12+/m0/s1. The lowest BCUT2D eigenvalue weighted by Gasteiger charge is -2.43. The number of fused-ring (bicyclic) bond motifs is 1. The van der Waals surface area contributed by atoms with E-state index in [1.807, 2.05) is 11.4 Å². The topological polar surface area (TPSA) is 51.4 Å². The van der Waals surface area contributed by atoms with Gasteiger partial charge in [0.05, 0.1) is 24.1 Å². The maximum absolute atomic E-state index is 5.92. The molecule has 1 aliphatic heterocycles. The Balaban J connectivity index is 1.47. The molecule has 3 heterocycles. The molecule has 22 heavy (non-hydrogen) atoms. The third kappa shape index (κ3) is 2.99. The lowest BCUT2D eigenvalue weighted by molar-refractivity contribution is -0.0933. The van der Waals surface area contributed by atoms with E-state index >= 15 is 0 Å². The van der Waals surface area contributed by atoms with Crippen LogP contribution < -0.4 is 0 Å². The molecule has 0 N–H and O–H groups in total. The van der Waals surface area contributed by atoms with Crippen molar-refractivity contribution in [1.82, 2.24) is 15.0 Å². The smallest absolute Gasteiger partial charge is 0.241 e. The fraction of sp³-hybridized carbons (Fsp3) is 0.600. The Bertz CT molecular complexity index is 642.